The zero-order chi connectivity index (χ0) is 24.3. The number of carbonyl (C=O) groups excluding carboxylic acids is 2. The van der Waals surface area contributed by atoms with Crippen molar-refractivity contribution in [1.29, 1.82) is 0 Å². The van der Waals surface area contributed by atoms with Gasteiger partial charge in [-0.1, -0.05) is 11.6 Å². The van der Waals surface area contributed by atoms with Crippen LogP contribution >= 0.6 is 11.6 Å². The number of hydrogen-bond acceptors (Lipinski definition) is 5. The average Bonchev–Trinajstić information content (AvgIpc) is 3.36. The molecule has 2 fully saturated rings. The lowest BCUT2D eigenvalue weighted by Crippen LogP contribution is -2.51. The third-order valence-corrected chi connectivity index (χ3v) is 7.57. The number of aromatic nitrogens is 2. The van der Waals surface area contributed by atoms with Crippen molar-refractivity contribution in [3.8, 4) is 5.75 Å². The number of rotatable bonds is 6. The van der Waals surface area contributed by atoms with Gasteiger partial charge in [-0.05, 0) is 68.9 Å². The number of aliphatic hydroxyl groups excluding tert-OH is 1. The predicted octanol–water partition coefficient (Wildman–Crippen LogP) is 3.35. The fourth-order valence-electron chi connectivity index (χ4n) is 5.01. The summed E-state index contributed by atoms with van der Waals surface area (Å²) in [7, 11) is 0. The number of piperidine rings is 2. The molecule has 2 aromatic rings. The zero-order valence-corrected chi connectivity index (χ0v) is 20.6. The SMILES string of the molecule is Cc1cc(OC[C@]2(CC(=O)N3CCC(O)CC3)CCCN(C(=O)c3ccn[nH]3)C2)cc(C)c1Cl. The first-order valence-electron chi connectivity index (χ1n) is 11.9. The summed E-state index contributed by atoms with van der Waals surface area (Å²) in [6, 6.07) is 5.49. The van der Waals surface area contributed by atoms with Gasteiger partial charge in [-0.3, -0.25) is 14.7 Å². The molecule has 0 radical (unpaired) electrons. The lowest BCUT2D eigenvalue weighted by atomic mass is 9.77. The molecule has 0 spiro atoms. The molecule has 2 aliphatic heterocycles. The van der Waals surface area contributed by atoms with E-state index in [1.165, 1.54) is 0 Å². The molecule has 34 heavy (non-hydrogen) atoms. The Labute approximate surface area is 205 Å². The van der Waals surface area contributed by atoms with Crippen LogP contribution in [0.15, 0.2) is 24.4 Å². The van der Waals surface area contributed by atoms with Gasteiger partial charge in [0.25, 0.3) is 5.91 Å². The highest BCUT2D eigenvalue weighted by Gasteiger charge is 2.41. The molecule has 0 bridgehead atoms. The van der Waals surface area contributed by atoms with Crippen LogP contribution in [0, 0.1) is 19.3 Å². The molecule has 1 aromatic carbocycles. The minimum atomic E-state index is -0.511. The number of halogens is 1. The second-order valence-electron chi connectivity index (χ2n) is 9.75. The standard InChI is InChI=1S/C25H33ClN4O4/c1-17-12-20(13-18(2)23(17)26)34-16-25(14-22(32)29-10-5-19(31)6-11-29)7-3-9-30(15-25)24(33)21-4-8-27-28-21/h4,8,12-13,19,31H,3,5-7,9-11,14-16H2,1-2H3,(H,27,28)/t25-/m0/s1. The fourth-order valence-corrected chi connectivity index (χ4v) is 5.12. The molecule has 2 saturated heterocycles. The van der Waals surface area contributed by atoms with Crippen LogP contribution in [0.25, 0.3) is 0 Å². The summed E-state index contributed by atoms with van der Waals surface area (Å²) < 4.78 is 6.26. The van der Waals surface area contributed by atoms with Gasteiger partial charge in [-0.15, -0.1) is 0 Å². The topological polar surface area (TPSA) is 98.8 Å². The normalized spacial score (nSPS) is 21.5. The van der Waals surface area contributed by atoms with Gasteiger partial charge in [-0.25, -0.2) is 0 Å². The van der Waals surface area contributed by atoms with Crippen LogP contribution < -0.4 is 4.74 Å². The van der Waals surface area contributed by atoms with E-state index in [1.54, 1.807) is 17.2 Å². The molecular formula is C25H33ClN4O4. The first kappa shape index (κ1) is 24.5. The minimum absolute atomic E-state index is 0.0507. The average molecular weight is 489 g/mol. The predicted molar refractivity (Wildman–Crippen MR) is 129 cm³/mol. The number of aryl methyl sites for hydroxylation is 2. The number of benzene rings is 1. The van der Waals surface area contributed by atoms with Crippen molar-refractivity contribution in [1.82, 2.24) is 20.0 Å². The van der Waals surface area contributed by atoms with Crippen LogP contribution in [0.4, 0.5) is 0 Å². The molecule has 9 heteroatoms. The molecule has 184 valence electrons. The van der Waals surface area contributed by atoms with E-state index in [0.29, 0.717) is 63.5 Å². The van der Waals surface area contributed by atoms with Gasteiger partial charge in [0.2, 0.25) is 5.91 Å². The molecule has 8 nitrogen and oxygen atoms in total. The quantitative estimate of drug-likeness (QED) is 0.649. The maximum atomic E-state index is 13.3. The Morgan fingerprint density at radius 1 is 1.21 bits per heavy atom. The number of amides is 2. The summed E-state index contributed by atoms with van der Waals surface area (Å²) >= 11 is 6.32. The molecule has 2 N–H and O–H groups in total. The molecular weight excluding hydrogens is 456 g/mol. The van der Waals surface area contributed by atoms with Gasteiger partial charge in [-0.2, -0.15) is 5.10 Å². The molecule has 2 aliphatic rings. The smallest absolute Gasteiger partial charge is 0.271 e. The monoisotopic (exact) mass is 488 g/mol. The van der Waals surface area contributed by atoms with Crippen LogP contribution in [-0.2, 0) is 4.79 Å². The summed E-state index contributed by atoms with van der Waals surface area (Å²) in [6.45, 7) is 6.38. The van der Waals surface area contributed by atoms with Crippen molar-refractivity contribution in [3.05, 3.63) is 46.2 Å². The van der Waals surface area contributed by atoms with E-state index in [4.69, 9.17) is 16.3 Å². The highest BCUT2D eigenvalue weighted by molar-refractivity contribution is 6.32. The van der Waals surface area contributed by atoms with Crippen LogP contribution in [-0.4, -0.2) is 75.8 Å². The van der Waals surface area contributed by atoms with Gasteiger partial charge in [0.05, 0.1) is 12.7 Å². The van der Waals surface area contributed by atoms with Gasteiger partial charge >= 0.3 is 0 Å². The number of hydrogen-bond donors (Lipinski definition) is 2. The molecule has 2 amide bonds. The van der Waals surface area contributed by atoms with Gasteiger partial charge in [0.1, 0.15) is 11.4 Å². The van der Waals surface area contributed by atoms with Crippen LogP contribution in [0.5, 0.6) is 5.75 Å². The molecule has 1 aromatic heterocycles. The molecule has 1 atom stereocenters. The van der Waals surface area contributed by atoms with Gasteiger partial charge in [0.15, 0.2) is 0 Å². The fraction of sp³-hybridized carbons (Fsp3) is 0.560. The van der Waals surface area contributed by atoms with E-state index in [2.05, 4.69) is 10.2 Å². The van der Waals surface area contributed by atoms with E-state index in [1.807, 2.05) is 30.9 Å². The van der Waals surface area contributed by atoms with Crippen molar-refractivity contribution >= 4 is 23.4 Å². The highest BCUT2D eigenvalue weighted by Crippen LogP contribution is 2.37. The Balaban J connectivity index is 1.53. The number of aliphatic hydroxyl groups is 1. The molecule has 0 saturated carbocycles. The molecule has 0 aliphatic carbocycles. The maximum Gasteiger partial charge on any atom is 0.271 e. The van der Waals surface area contributed by atoms with E-state index < -0.39 is 5.41 Å². The summed E-state index contributed by atoms with van der Waals surface area (Å²) in [4.78, 5) is 30.0. The number of aromatic amines is 1. The van der Waals surface area contributed by atoms with Crippen molar-refractivity contribution in [2.45, 2.75) is 52.1 Å². The van der Waals surface area contributed by atoms with Crippen molar-refractivity contribution in [2.24, 2.45) is 5.41 Å². The second-order valence-corrected chi connectivity index (χ2v) is 10.1. The second kappa shape index (κ2) is 10.4. The Kier molecular flexibility index (Phi) is 7.48. The van der Waals surface area contributed by atoms with Gasteiger partial charge < -0.3 is 19.6 Å². The lowest BCUT2D eigenvalue weighted by molar-refractivity contribution is -0.137. The first-order valence-corrected chi connectivity index (χ1v) is 12.3. The third-order valence-electron chi connectivity index (χ3n) is 6.98. The summed E-state index contributed by atoms with van der Waals surface area (Å²) in [5, 5.41) is 17.2. The number of likely N-dealkylation sites (tertiary alicyclic amines) is 2. The number of nitrogens with one attached hydrogen (secondary N) is 1. The summed E-state index contributed by atoms with van der Waals surface area (Å²) in [5.74, 6) is 0.646. The van der Waals surface area contributed by atoms with Crippen molar-refractivity contribution < 1.29 is 19.4 Å². The van der Waals surface area contributed by atoms with Crippen molar-refractivity contribution in [2.75, 3.05) is 32.8 Å². The largest absolute Gasteiger partial charge is 0.493 e. The van der Waals surface area contributed by atoms with E-state index >= 15 is 0 Å². The number of nitrogens with zero attached hydrogens (tertiary/aromatic N) is 3. The van der Waals surface area contributed by atoms with E-state index in [9.17, 15) is 14.7 Å². The third kappa shape index (κ3) is 5.55. The summed E-state index contributed by atoms with van der Waals surface area (Å²) in [5.41, 5.74) is 1.81. The number of carbonyl (C=O) groups is 2. The maximum absolute atomic E-state index is 13.3. The Morgan fingerprint density at radius 2 is 1.91 bits per heavy atom. The van der Waals surface area contributed by atoms with Gasteiger partial charge in [0, 0.05) is 49.2 Å². The van der Waals surface area contributed by atoms with E-state index in [-0.39, 0.29) is 17.9 Å². The molecule has 0 unspecified atom stereocenters. The van der Waals surface area contributed by atoms with Crippen molar-refractivity contribution in [3.63, 3.8) is 0 Å². The zero-order valence-electron chi connectivity index (χ0n) is 19.8. The number of H-pyrrole nitrogens is 1. The Hall–Kier alpha value is -2.58. The molecule has 3 heterocycles. The highest BCUT2D eigenvalue weighted by atomic mass is 35.5. The number of ether oxygens (including phenoxy) is 1. The lowest BCUT2D eigenvalue weighted by Gasteiger charge is -2.43. The van der Waals surface area contributed by atoms with Crippen LogP contribution in [0.1, 0.15) is 53.7 Å². The minimum Gasteiger partial charge on any atom is -0.493 e. The Bertz CT molecular complexity index is 997. The Morgan fingerprint density at radius 3 is 2.56 bits per heavy atom. The van der Waals surface area contributed by atoms with Crippen LogP contribution in [0.3, 0.4) is 0 Å². The van der Waals surface area contributed by atoms with E-state index in [0.717, 1.165) is 29.0 Å². The summed E-state index contributed by atoms with van der Waals surface area (Å²) in [6.07, 6.45) is 4.29. The first-order chi connectivity index (χ1) is 16.3. The molecule has 4 rings (SSSR count). The van der Waals surface area contributed by atoms with Crippen LogP contribution in [0.2, 0.25) is 5.02 Å².